The van der Waals surface area contributed by atoms with Crippen molar-refractivity contribution in [2.75, 3.05) is 41.0 Å². The fraction of sp³-hybridized carbons (Fsp3) is 0.500. The lowest BCUT2D eigenvalue weighted by Crippen LogP contribution is -2.26. The first kappa shape index (κ1) is 18.8. The largest absolute Gasteiger partial charge is 0.493 e. The zero-order chi connectivity index (χ0) is 17.2. The number of methoxy groups -OCH3 is 3. The summed E-state index contributed by atoms with van der Waals surface area (Å²) in [5, 5.41) is 2.87. The molecule has 0 aliphatic rings. The molecule has 0 radical (unpaired) electrons. The Morgan fingerprint density at radius 2 is 1.65 bits per heavy atom. The van der Waals surface area contributed by atoms with Crippen LogP contribution < -0.4 is 19.5 Å². The highest BCUT2D eigenvalue weighted by Gasteiger charge is 2.16. The standard InChI is InChI=1S/C16H23NO6/c1-5-23-15(19)10-17-7-6-12(18)11-8-13(20-2)16(22-4)14(9-11)21-3/h8-9,17H,5-7,10H2,1-4H3. The number of rotatable bonds is 10. The number of esters is 1. The van der Waals surface area contributed by atoms with Crippen LogP contribution in [-0.4, -0.2) is 52.8 Å². The first-order chi connectivity index (χ1) is 11.1. The van der Waals surface area contributed by atoms with Crippen molar-refractivity contribution < 1.29 is 28.5 Å². The minimum atomic E-state index is -0.340. The van der Waals surface area contributed by atoms with E-state index >= 15 is 0 Å². The molecule has 0 heterocycles. The minimum absolute atomic E-state index is 0.0797. The molecule has 128 valence electrons. The van der Waals surface area contributed by atoms with E-state index in [4.69, 9.17) is 18.9 Å². The average molecular weight is 325 g/mol. The second kappa shape index (κ2) is 9.68. The zero-order valence-corrected chi connectivity index (χ0v) is 13.9. The second-order valence-corrected chi connectivity index (χ2v) is 4.57. The predicted molar refractivity (Wildman–Crippen MR) is 84.5 cm³/mol. The Labute approximate surface area is 135 Å². The first-order valence-electron chi connectivity index (χ1n) is 7.26. The Morgan fingerprint density at radius 1 is 1.04 bits per heavy atom. The summed E-state index contributed by atoms with van der Waals surface area (Å²) in [4.78, 5) is 23.4. The average Bonchev–Trinajstić information content (AvgIpc) is 2.57. The number of hydrogen-bond acceptors (Lipinski definition) is 7. The fourth-order valence-corrected chi connectivity index (χ4v) is 1.99. The minimum Gasteiger partial charge on any atom is -0.493 e. The quantitative estimate of drug-likeness (QED) is 0.396. The predicted octanol–water partition coefficient (Wildman–Crippen LogP) is 1.44. The van der Waals surface area contributed by atoms with Crippen molar-refractivity contribution in [1.82, 2.24) is 5.32 Å². The number of ketones is 1. The molecule has 0 saturated heterocycles. The third kappa shape index (κ3) is 5.45. The molecule has 1 N–H and O–H groups in total. The normalized spacial score (nSPS) is 10.1. The van der Waals surface area contributed by atoms with Crippen LogP contribution in [0.4, 0.5) is 0 Å². The molecule has 1 aromatic rings. The van der Waals surface area contributed by atoms with Crippen LogP contribution in [0.3, 0.4) is 0 Å². The van der Waals surface area contributed by atoms with Crippen molar-refractivity contribution in [3.05, 3.63) is 17.7 Å². The van der Waals surface area contributed by atoms with Gasteiger partial charge in [0.25, 0.3) is 0 Å². The topological polar surface area (TPSA) is 83.1 Å². The van der Waals surface area contributed by atoms with E-state index in [1.807, 2.05) is 0 Å². The van der Waals surface area contributed by atoms with E-state index in [2.05, 4.69) is 5.32 Å². The van der Waals surface area contributed by atoms with E-state index in [1.165, 1.54) is 21.3 Å². The summed E-state index contributed by atoms with van der Waals surface area (Å²) < 4.78 is 20.4. The highest BCUT2D eigenvalue weighted by atomic mass is 16.5. The molecule has 23 heavy (non-hydrogen) atoms. The lowest BCUT2D eigenvalue weighted by atomic mass is 10.1. The summed E-state index contributed by atoms with van der Waals surface area (Å²) in [6.45, 7) is 2.53. The van der Waals surface area contributed by atoms with Crippen LogP contribution in [0.5, 0.6) is 17.2 Å². The van der Waals surface area contributed by atoms with E-state index in [9.17, 15) is 9.59 Å². The molecule has 0 saturated carbocycles. The van der Waals surface area contributed by atoms with Gasteiger partial charge in [0.05, 0.1) is 34.5 Å². The van der Waals surface area contributed by atoms with E-state index < -0.39 is 0 Å². The number of benzene rings is 1. The Hall–Kier alpha value is -2.28. The Morgan fingerprint density at radius 3 is 2.13 bits per heavy atom. The van der Waals surface area contributed by atoms with Gasteiger partial charge >= 0.3 is 5.97 Å². The third-order valence-electron chi connectivity index (χ3n) is 3.09. The van der Waals surface area contributed by atoms with Crippen LogP contribution in [0, 0.1) is 0 Å². The number of nitrogens with one attached hydrogen (secondary N) is 1. The van der Waals surface area contributed by atoms with Gasteiger partial charge in [-0.2, -0.15) is 0 Å². The van der Waals surface area contributed by atoms with Crippen molar-refractivity contribution in [1.29, 1.82) is 0 Å². The van der Waals surface area contributed by atoms with Crippen molar-refractivity contribution in [3.63, 3.8) is 0 Å². The summed E-state index contributed by atoms with van der Waals surface area (Å²) in [6, 6.07) is 3.21. The molecule has 0 aliphatic heterocycles. The van der Waals surface area contributed by atoms with Crippen LogP contribution in [0.2, 0.25) is 0 Å². The Kier molecular flexibility index (Phi) is 7.90. The molecule has 0 bridgehead atoms. The van der Waals surface area contributed by atoms with Crippen molar-refractivity contribution in [2.24, 2.45) is 0 Å². The highest BCUT2D eigenvalue weighted by Crippen LogP contribution is 2.38. The van der Waals surface area contributed by atoms with Crippen LogP contribution in [0.25, 0.3) is 0 Å². The molecule has 7 nitrogen and oxygen atoms in total. The van der Waals surface area contributed by atoms with E-state index in [0.717, 1.165) is 0 Å². The zero-order valence-electron chi connectivity index (χ0n) is 13.9. The molecule has 0 spiro atoms. The maximum absolute atomic E-state index is 12.2. The van der Waals surface area contributed by atoms with Gasteiger partial charge in [-0.25, -0.2) is 0 Å². The third-order valence-corrected chi connectivity index (χ3v) is 3.09. The van der Waals surface area contributed by atoms with Crippen molar-refractivity contribution in [2.45, 2.75) is 13.3 Å². The number of carbonyl (C=O) groups is 2. The molecule has 1 rings (SSSR count). The van der Waals surface area contributed by atoms with Gasteiger partial charge in [0, 0.05) is 18.5 Å². The number of hydrogen-bond donors (Lipinski definition) is 1. The number of Topliss-reactive ketones (excluding diaryl/α,β-unsaturated/α-hetero) is 1. The molecule has 0 amide bonds. The monoisotopic (exact) mass is 325 g/mol. The number of ether oxygens (including phenoxy) is 4. The van der Waals surface area contributed by atoms with Crippen LogP contribution in [-0.2, 0) is 9.53 Å². The van der Waals surface area contributed by atoms with Gasteiger partial charge in [-0.05, 0) is 19.1 Å². The van der Waals surface area contributed by atoms with Gasteiger partial charge in [0.15, 0.2) is 17.3 Å². The van der Waals surface area contributed by atoms with Gasteiger partial charge in [0.2, 0.25) is 5.75 Å². The van der Waals surface area contributed by atoms with Crippen LogP contribution in [0.1, 0.15) is 23.7 Å². The van der Waals surface area contributed by atoms with Gasteiger partial charge < -0.3 is 24.3 Å². The van der Waals surface area contributed by atoms with E-state index in [0.29, 0.717) is 36.0 Å². The summed E-state index contributed by atoms with van der Waals surface area (Å²) in [5.74, 6) is 0.852. The molecule has 0 aliphatic carbocycles. The molecule has 7 heteroatoms. The lowest BCUT2D eigenvalue weighted by Gasteiger charge is -2.13. The molecular formula is C16H23NO6. The molecule has 0 atom stereocenters. The smallest absolute Gasteiger partial charge is 0.319 e. The molecule has 0 aromatic heterocycles. The highest BCUT2D eigenvalue weighted by molar-refractivity contribution is 5.97. The van der Waals surface area contributed by atoms with Gasteiger partial charge in [-0.15, -0.1) is 0 Å². The van der Waals surface area contributed by atoms with E-state index in [-0.39, 0.29) is 24.7 Å². The molecule has 0 unspecified atom stereocenters. The molecular weight excluding hydrogens is 302 g/mol. The Balaban J connectivity index is 2.67. The van der Waals surface area contributed by atoms with Crippen LogP contribution in [0.15, 0.2) is 12.1 Å². The van der Waals surface area contributed by atoms with Crippen molar-refractivity contribution >= 4 is 11.8 Å². The second-order valence-electron chi connectivity index (χ2n) is 4.57. The van der Waals surface area contributed by atoms with Crippen molar-refractivity contribution in [3.8, 4) is 17.2 Å². The fourth-order valence-electron chi connectivity index (χ4n) is 1.99. The summed E-state index contributed by atoms with van der Waals surface area (Å²) in [5.41, 5.74) is 0.456. The molecule has 0 fully saturated rings. The van der Waals surface area contributed by atoms with Gasteiger partial charge in [-0.3, -0.25) is 9.59 Å². The lowest BCUT2D eigenvalue weighted by molar-refractivity contribution is -0.141. The summed E-state index contributed by atoms with van der Waals surface area (Å²) in [7, 11) is 4.49. The van der Waals surface area contributed by atoms with E-state index in [1.54, 1.807) is 19.1 Å². The SMILES string of the molecule is CCOC(=O)CNCCC(=O)c1cc(OC)c(OC)c(OC)c1. The summed E-state index contributed by atoms with van der Waals surface area (Å²) >= 11 is 0. The maximum Gasteiger partial charge on any atom is 0.319 e. The van der Waals surface area contributed by atoms with Gasteiger partial charge in [-0.1, -0.05) is 0 Å². The summed E-state index contributed by atoms with van der Waals surface area (Å²) in [6.07, 6.45) is 0.234. The van der Waals surface area contributed by atoms with Crippen LogP contribution >= 0.6 is 0 Å². The Bertz CT molecular complexity index is 518. The van der Waals surface area contributed by atoms with Gasteiger partial charge in [0.1, 0.15) is 0 Å². The maximum atomic E-state index is 12.2. The molecule has 1 aromatic carbocycles. The first-order valence-corrected chi connectivity index (χ1v) is 7.26. The number of carbonyl (C=O) groups excluding carboxylic acids is 2.